The molecule has 2 aromatic rings. The summed E-state index contributed by atoms with van der Waals surface area (Å²) in [5.41, 5.74) is 3.79. The van der Waals surface area contributed by atoms with Crippen LogP contribution < -0.4 is 21.4 Å². The minimum atomic E-state index is -1.29. The molecule has 0 aromatic heterocycles. The lowest BCUT2D eigenvalue weighted by molar-refractivity contribution is -0.133. The molecule has 3 amide bonds. The van der Waals surface area contributed by atoms with Crippen LogP contribution in [0.15, 0.2) is 48.5 Å². The second-order valence-corrected chi connectivity index (χ2v) is 8.45. The van der Waals surface area contributed by atoms with Crippen LogP contribution in [0.5, 0.6) is 0 Å². The number of aliphatic hydroxyl groups excluding tert-OH is 1. The number of hydrogen-bond donors (Lipinski definition) is 6. The van der Waals surface area contributed by atoms with E-state index in [1.807, 2.05) is 14.1 Å². The summed E-state index contributed by atoms with van der Waals surface area (Å²) >= 11 is 0. The highest BCUT2D eigenvalue weighted by Crippen LogP contribution is 2.10. The van der Waals surface area contributed by atoms with Crippen molar-refractivity contribution >= 4 is 23.4 Å². The van der Waals surface area contributed by atoms with Gasteiger partial charge < -0.3 is 26.0 Å². The fourth-order valence-electron chi connectivity index (χ4n) is 3.11. The third kappa shape index (κ3) is 9.85. The number of anilines is 1. The van der Waals surface area contributed by atoms with Gasteiger partial charge in [-0.05, 0) is 89.1 Å². The molecule has 2 aromatic carbocycles. The van der Waals surface area contributed by atoms with Gasteiger partial charge in [-0.25, -0.2) is 5.48 Å². The molecular weight excluding hydrogens is 462 g/mol. The molecule has 0 aliphatic rings. The maximum atomic E-state index is 12.3. The van der Waals surface area contributed by atoms with Crippen LogP contribution in [-0.2, 0) is 9.59 Å². The molecule has 192 valence electrons. The van der Waals surface area contributed by atoms with Crippen molar-refractivity contribution in [3.63, 3.8) is 0 Å². The first-order chi connectivity index (χ1) is 17.2. The van der Waals surface area contributed by atoms with Crippen molar-refractivity contribution in [3.8, 4) is 11.8 Å². The minimum Gasteiger partial charge on any atom is -0.391 e. The Bertz CT molecular complexity index is 1070. The van der Waals surface area contributed by atoms with E-state index in [1.165, 1.54) is 12.4 Å². The first-order valence-electron chi connectivity index (χ1n) is 11.5. The first-order valence-corrected chi connectivity index (χ1v) is 11.5. The molecule has 2 rings (SSSR count). The molecule has 0 bridgehead atoms. The van der Waals surface area contributed by atoms with Crippen molar-refractivity contribution in [2.75, 3.05) is 39.0 Å². The van der Waals surface area contributed by atoms with Gasteiger partial charge in [0.2, 0.25) is 5.91 Å². The van der Waals surface area contributed by atoms with E-state index in [9.17, 15) is 19.5 Å². The van der Waals surface area contributed by atoms with Crippen molar-refractivity contribution in [3.05, 3.63) is 65.2 Å². The second kappa shape index (κ2) is 14.6. The Morgan fingerprint density at radius 1 is 0.972 bits per heavy atom. The summed E-state index contributed by atoms with van der Waals surface area (Å²) in [6.07, 6.45) is -0.225. The predicted molar refractivity (Wildman–Crippen MR) is 136 cm³/mol. The van der Waals surface area contributed by atoms with Crippen LogP contribution in [0, 0.1) is 11.8 Å². The molecule has 6 N–H and O–H groups in total. The van der Waals surface area contributed by atoms with E-state index in [4.69, 9.17) is 5.21 Å². The van der Waals surface area contributed by atoms with Crippen LogP contribution >= 0.6 is 0 Å². The van der Waals surface area contributed by atoms with E-state index in [1.54, 1.807) is 48.5 Å². The summed E-state index contributed by atoms with van der Waals surface area (Å²) in [6.45, 7) is 3.31. The Morgan fingerprint density at radius 3 is 2.08 bits per heavy atom. The smallest absolute Gasteiger partial charge is 0.268 e. The number of rotatable bonds is 11. The summed E-state index contributed by atoms with van der Waals surface area (Å²) in [6, 6.07) is 12.3. The molecule has 0 saturated heterocycles. The summed E-state index contributed by atoms with van der Waals surface area (Å²) in [7, 11) is 4.02. The van der Waals surface area contributed by atoms with Gasteiger partial charge in [0, 0.05) is 22.4 Å². The normalized spacial score (nSPS) is 12.2. The van der Waals surface area contributed by atoms with Crippen LogP contribution in [-0.4, -0.2) is 78.8 Å². The number of hydroxylamine groups is 1. The zero-order valence-electron chi connectivity index (χ0n) is 20.7. The zero-order valence-corrected chi connectivity index (χ0v) is 20.7. The number of amides is 3. The van der Waals surface area contributed by atoms with Crippen molar-refractivity contribution in [1.29, 1.82) is 0 Å². The van der Waals surface area contributed by atoms with E-state index >= 15 is 0 Å². The fourth-order valence-corrected chi connectivity index (χ4v) is 3.11. The van der Waals surface area contributed by atoms with E-state index < -0.39 is 24.0 Å². The molecule has 0 saturated carbocycles. The molecule has 0 heterocycles. The van der Waals surface area contributed by atoms with Gasteiger partial charge in [0.15, 0.2) is 0 Å². The molecule has 0 unspecified atom stereocenters. The Morgan fingerprint density at radius 2 is 1.56 bits per heavy atom. The number of carbonyl (C=O) groups is 3. The second-order valence-electron chi connectivity index (χ2n) is 8.45. The maximum absolute atomic E-state index is 12.3. The number of benzene rings is 2. The lowest BCUT2D eigenvalue weighted by Gasteiger charge is -2.19. The van der Waals surface area contributed by atoms with Gasteiger partial charge in [-0.3, -0.25) is 19.6 Å². The van der Waals surface area contributed by atoms with Crippen molar-refractivity contribution in [2.45, 2.75) is 25.5 Å². The van der Waals surface area contributed by atoms with Gasteiger partial charge in [0.05, 0.1) is 12.6 Å². The number of carbonyl (C=O) groups excluding carboxylic acids is 3. The largest absolute Gasteiger partial charge is 0.391 e. The monoisotopic (exact) mass is 495 g/mol. The van der Waals surface area contributed by atoms with E-state index in [2.05, 4.69) is 32.7 Å². The molecule has 10 nitrogen and oxygen atoms in total. The molecule has 2 atom stereocenters. The minimum absolute atomic E-state index is 0.112. The fraction of sp³-hybridized carbons (Fsp3) is 0.346. The number of nitrogens with one attached hydrogen (secondary N) is 4. The molecule has 0 aliphatic heterocycles. The molecular formula is C26H33N5O5. The summed E-state index contributed by atoms with van der Waals surface area (Å²) in [4.78, 5) is 38.0. The summed E-state index contributed by atoms with van der Waals surface area (Å²) in [5.74, 6) is 4.42. The first kappa shape index (κ1) is 28.5. The standard InChI is InChI=1S/C26H33N5O5/c1-18(32)24(26(35)30-36)29-25(34)21-11-7-19(8-12-21)5-6-20-9-13-22(14-10-20)28-23(33)17-27-15-4-16-31(2)3/h7-14,18,24,27,32,36H,4,15-17H2,1-3H3,(H,28,33)(H,29,34)(H,30,35)/t18-,24+/m1/s1. The van der Waals surface area contributed by atoms with Crippen LogP contribution in [0.4, 0.5) is 5.69 Å². The van der Waals surface area contributed by atoms with Gasteiger partial charge in [0.25, 0.3) is 11.8 Å². The Labute approximate surface area is 211 Å². The highest BCUT2D eigenvalue weighted by Gasteiger charge is 2.25. The average Bonchev–Trinajstić information content (AvgIpc) is 2.86. The average molecular weight is 496 g/mol. The number of aliphatic hydroxyl groups is 1. The van der Waals surface area contributed by atoms with Gasteiger partial charge in [-0.2, -0.15) is 0 Å². The highest BCUT2D eigenvalue weighted by molar-refractivity contribution is 5.97. The third-order valence-corrected chi connectivity index (χ3v) is 5.07. The molecule has 0 radical (unpaired) electrons. The van der Waals surface area contributed by atoms with Crippen LogP contribution in [0.1, 0.15) is 34.8 Å². The van der Waals surface area contributed by atoms with Crippen molar-refractivity contribution < 1.29 is 24.7 Å². The molecule has 0 aliphatic carbocycles. The van der Waals surface area contributed by atoms with Gasteiger partial charge >= 0.3 is 0 Å². The lowest BCUT2D eigenvalue weighted by Crippen LogP contribution is -2.51. The van der Waals surface area contributed by atoms with Gasteiger partial charge in [-0.1, -0.05) is 11.8 Å². The van der Waals surface area contributed by atoms with E-state index in [-0.39, 0.29) is 18.0 Å². The molecule has 10 heteroatoms. The predicted octanol–water partition coefficient (Wildman–Crippen LogP) is 0.551. The van der Waals surface area contributed by atoms with Gasteiger partial charge in [0.1, 0.15) is 6.04 Å². The topological polar surface area (TPSA) is 143 Å². The maximum Gasteiger partial charge on any atom is 0.268 e. The van der Waals surface area contributed by atoms with E-state index in [0.29, 0.717) is 11.3 Å². The Balaban J connectivity index is 1.88. The Hall–Kier alpha value is -3.75. The van der Waals surface area contributed by atoms with Crippen LogP contribution in [0.25, 0.3) is 0 Å². The van der Waals surface area contributed by atoms with Crippen molar-refractivity contribution in [2.24, 2.45) is 0 Å². The number of hydrogen-bond acceptors (Lipinski definition) is 7. The summed E-state index contributed by atoms with van der Waals surface area (Å²) < 4.78 is 0. The summed E-state index contributed by atoms with van der Waals surface area (Å²) in [5, 5.41) is 26.7. The van der Waals surface area contributed by atoms with Gasteiger partial charge in [-0.15, -0.1) is 0 Å². The number of nitrogens with zero attached hydrogens (tertiary/aromatic N) is 1. The lowest BCUT2D eigenvalue weighted by atomic mass is 10.1. The van der Waals surface area contributed by atoms with Crippen LogP contribution in [0.3, 0.4) is 0 Å². The SMILES string of the molecule is C[C@@H](O)[C@H](NC(=O)c1ccc(C#Cc2ccc(NC(=O)CNCCCN(C)C)cc2)cc1)C(=O)NO. The van der Waals surface area contributed by atoms with E-state index in [0.717, 1.165) is 25.1 Å². The molecule has 36 heavy (non-hydrogen) atoms. The Kier molecular flexibility index (Phi) is 11.6. The molecule has 0 fully saturated rings. The highest BCUT2D eigenvalue weighted by atomic mass is 16.5. The quantitative estimate of drug-likeness (QED) is 0.116. The van der Waals surface area contributed by atoms with Crippen molar-refractivity contribution in [1.82, 2.24) is 21.0 Å². The third-order valence-electron chi connectivity index (χ3n) is 5.07. The van der Waals surface area contributed by atoms with Crippen LogP contribution in [0.2, 0.25) is 0 Å². The molecule has 0 spiro atoms. The zero-order chi connectivity index (χ0) is 26.5.